The molecule has 324 valence electrons. The second-order valence-electron chi connectivity index (χ2n) is 22.3. The average molecular weight is 850 g/mol. The fourth-order valence-corrected chi connectivity index (χ4v) is 11.4. The SMILES string of the molecule is CC(C)(C)c1ccnc(-c2cc(-c3cccc4c3NC3c5c(O)cc(C(C)(C)C)c6cccc(c56)-c5cc(-c6ccccc6C(C)(C)C)ccc5N43)cc3c2C(C)(C)c2ccccc2-3)c1. The van der Waals surface area contributed by atoms with Gasteiger partial charge in [0.15, 0.2) is 0 Å². The number of phenolic OH excluding ortho intramolecular Hbond substituents is 1. The fraction of sp³-hybridized carbons (Fsp3) is 0.262. The van der Waals surface area contributed by atoms with E-state index < -0.39 is 0 Å². The largest absolute Gasteiger partial charge is 0.507 e. The number of nitrogens with zero attached hydrogens (tertiary/aromatic N) is 2. The molecule has 0 bridgehead atoms. The van der Waals surface area contributed by atoms with E-state index in [2.05, 4.69) is 214 Å². The number of benzene rings is 7. The molecular formula is C61H59N3O. The molecule has 7 aromatic carbocycles. The van der Waals surface area contributed by atoms with Gasteiger partial charge in [-0.1, -0.05) is 161 Å². The normalized spacial score (nSPS) is 15.7. The second kappa shape index (κ2) is 13.9. The molecule has 0 saturated heterocycles. The van der Waals surface area contributed by atoms with Crippen LogP contribution >= 0.6 is 0 Å². The van der Waals surface area contributed by atoms with Gasteiger partial charge in [-0.2, -0.15) is 0 Å². The summed E-state index contributed by atoms with van der Waals surface area (Å²) in [6, 6.07) is 49.4. The van der Waals surface area contributed by atoms with E-state index in [1.165, 1.54) is 49.9 Å². The van der Waals surface area contributed by atoms with Crippen LogP contribution in [0.1, 0.15) is 116 Å². The number of pyridine rings is 1. The highest BCUT2D eigenvalue weighted by atomic mass is 16.3. The minimum absolute atomic E-state index is 0.0295. The van der Waals surface area contributed by atoms with Crippen molar-refractivity contribution in [2.45, 2.75) is 104 Å². The maximum absolute atomic E-state index is 12.5. The van der Waals surface area contributed by atoms with Gasteiger partial charge in [0.2, 0.25) is 0 Å². The van der Waals surface area contributed by atoms with Crippen LogP contribution in [0.5, 0.6) is 5.75 Å². The molecule has 1 aromatic heterocycles. The number of aromatic nitrogens is 1. The van der Waals surface area contributed by atoms with Gasteiger partial charge in [0.1, 0.15) is 11.9 Å². The molecule has 4 nitrogen and oxygen atoms in total. The van der Waals surface area contributed by atoms with E-state index >= 15 is 0 Å². The first kappa shape index (κ1) is 41.1. The van der Waals surface area contributed by atoms with Crippen molar-refractivity contribution in [3.8, 4) is 61.5 Å². The van der Waals surface area contributed by atoms with E-state index in [0.29, 0.717) is 5.75 Å². The standard InChI is InChI=1S/C61H59N3O/c1-58(2,3)37-28-29-62-49(33-37)45-32-36(31-44-40-19-13-15-24-47(40)61(10,11)55(44)45)39-20-17-25-51-56(39)63-57-54-52(65)34-48(60(7,8)9)42-22-16-21-41(53(42)54)43-30-35(26-27-50(43)64(51)57)38-18-12-14-23-46(38)59(4,5)6/h12-34,57,63,65H,1-11H3. The lowest BCUT2D eigenvalue weighted by Crippen LogP contribution is -2.23. The van der Waals surface area contributed by atoms with Crippen LogP contribution in [0.25, 0.3) is 66.5 Å². The van der Waals surface area contributed by atoms with E-state index in [-0.39, 0.29) is 27.8 Å². The third-order valence-electron chi connectivity index (χ3n) is 14.6. The van der Waals surface area contributed by atoms with Crippen molar-refractivity contribution in [1.82, 2.24) is 4.98 Å². The lowest BCUT2D eigenvalue weighted by molar-refractivity contribution is 0.462. The van der Waals surface area contributed by atoms with Crippen LogP contribution in [0.4, 0.5) is 17.1 Å². The molecule has 2 N–H and O–H groups in total. The smallest absolute Gasteiger partial charge is 0.134 e. The van der Waals surface area contributed by atoms with Crippen molar-refractivity contribution in [3.05, 3.63) is 173 Å². The summed E-state index contributed by atoms with van der Waals surface area (Å²) in [5, 5.41) is 18.9. The number of hydrogen-bond acceptors (Lipinski definition) is 4. The summed E-state index contributed by atoms with van der Waals surface area (Å²) in [7, 11) is 0. The Balaban J connectivity index is 1.18. The van der Waals surface area contributed by atoms with Crippen LogP contribution < -0.4 is 10.2 Å². The Morgan fingerprint density at radius 2 is 1.22 bits per heavy atom. The first-order valence-corrected chi connectivity index (χ1v) is 23.3. The van der Waals surface area contributed by atoms with Crippen LogP contribution in [-0.2, 0) is 21.7 Å². The molecule has 3 aliphatic rings. The highest BCUT2D eigenvalue weighted by molar-refractivity contribution is 6.10. The van der Waals surface area contributed by atoms with Crippen LogP contribution in [0.15, 0.2) is 140 Å². The zero-order chi connectivity index (χ0) is 45.5. The van der Waals surface area contributed by atoms with Gasteiger partial charge in [-0.3, -0.25) is 4.98 Å². The zero-order valence-corrected chi connectivity index (χ0v) is 39.7. The highest BCUT2D eigenvalue weighted by Gasteiger charge is 2.42. The molecule has 0 amide bonds. The van der Waals surface area contributed by atoms with Crippen molar-refractivity contribution in [2.75, 3.05) is 10.2 Å². The number of hydrogen-bond donors (Lipinski definition) is 2. The summed E-state index contributed by atoms with van der Waals surface area (Å²) in [5.41, 5.74) is 21.6. The number of aromatic hydroxyl groups is 1. The summed E-state index contributed by atoms with van der Waals surface area (Å²) in [6.45, 7) is 25.1. The van der Waals surface area contributed by atoms with Gasteiger partial charge in [-0.05, 0) is 131 Å². The fourth-order valence-electron chi connectivity index (χ4n) is 11.4. The molecule has 2 aliphatic heterocycles. The van der Waals surface area contributed by atoms with Crippen molar-refractivity contribution in [3.63, 3.8) is 0 Å². The van der Waals surface area contributed by atoms with Gasteiger partial charge in [0.25, 0.3) is 0 Å². The summed E-state index contributed by atoms with van der Waals surface area (Å²) < 4.78 is 0. The Morgan fingerprint density at radius 3 is 1.97 bits per heavy atom. The van der Waals surface area contributed by atoms with Crippen LogP contribution in [-0.4, -0.2) is 10.1 Å². The zero-order valence-electron chi connectivity index (χ0n) is 39.7. The van der Waals surface area contributed by atoms with E-state index in [1.54, 1.807) is 0 Å². The van der Waals surface area contributed by atoms with Crippen molar-refractivity contribution in [2.24, 2.45) is 0 Å². The van der Waals surface area contributed by atoms with Crippen LogP contribution in [0, 0.1) is 0 Å². The first-order chi connectivity index (χ1) is 30.8. The summed E-state index contributed by atoms with van der Waals surface area (Å²) >= 11 is 0. The molecule has 8 aromatic rings. The topological polar surface area (TPSA) is 48.4 Å². The number of anilines is 3. The quantitative estimate of drug-likeness (QED) is 0.186. The molecule has 11 rings (SSSR count). The van der Waals surface area contributed by atoms with E-state index in [4.69, 9.17) is 4.98 Å². The van der Waals surface area contributed by atoms with E-state index in [9.17, 15) is 5.11 Å². The molecule has 0 saturated carbocycles. The Morgan fingerprint density at radius 1 is 0.554 bits per heavy atom. The number of fused-ring (bicyclic) bond motifs is 10. The van der Waals surface area contributed by atoms with Gasteiger partial charge in [0, 0.05) is 39.3 Å². The molecule has 65 heavy (non-hydrogen) atoms. The number of phenols is 1. The molecule has 3 heterocycles. The highest BCUT2D eigenvalue weighted by Crippen LogP contribution is 2.60. The maximum Gasteiger partial charge on any atom is 0.134 e. The Hall–Kier alpha value is -6.65. The lowest BCUT2D eigenvalue weighted by Gasteiger charge is -2.29. The van der Waals surface area contributed by atoms with Crippen LogP contribution in [0.3, 0.4) is 0 Å². The molecular weight excluding hydrogens is 791 g/mol. The third-order valence-corrected chi connectivity index (χ3v) is 14.6. The molecule has 0 spiro atoms. The average Bonchev–Trinajstić information content (AvgIpc) is 3.72. The Bertz CT molecular complexity index is 3300. The molecule has 0 fully saturated rings. The van der Waals surface area contributed by atoms with Gasteiger partial charge < -0.3 is 15.3 Å². The van der Waals surface area contributed by atoms with Crippen molar-refractivity contribution < 1.29 is 5.11 Å². The summed E-state index contributed by atoms with van der Waals surface area (Å²) in [4.78, 5) is 7.55. The molecule has 0 radical (unpaired) electrons. The lowest BCUT2D eigenvalue weighted by atomic mass is 9.78. The molecule has 4 heteroatoms. The summed E-state index contributed by atoms with van der Waals surface area (Å²) in [6.07, 6.45) is 1.60. The van der Waals surface area contributed by atoms with Gasteiger partial charge >= 0.3 is 0 Å². The monoisotopic (exact) mass is 849 g/mol. The maximum atomic E-state index is 12.5. The predicted octanol–water partition coefficient (Wildman–Crippen LogP) is 16.4. The molecule has 1 unspecified atom stereocenters. The molecule has 1 aliphatic carbocycles. The van der Waals surface area contributed by atoms with Crippen molar-refractivity contribution >= 4 is 27.8 Å². The second-order valence-corrected chi connectivity index (χ2v) is 22.3. The first-order valence-electron chi connectivity index (χ1n) is 23.3. The Labute approximate surface area is 385 Å². The minimum Gasteiger partial charge on any atom is -0.507 e. The predicted molar refractivity (Wildman–Crippen MR) is 274 cm³/mol. The van der Waals surface area contributed by atoms with Gasteiger partial charge in [-0.25, -0.2) is 0 Å². The third kappa shape index (κ3) is 6.20. The number of rotatable bonds is 3. The van der Waals surface area contributed by atoms with E-state index in [0.717, 1.165) is 67.1 Å². The van der Waals surface area contributed by atoms with Gasteiger partial charge in [0.05, 0.1) is 22.8 Å². The summed E-state index contributed by atoms with van der Waals surface area (Å²) in [5.74, 6) is 0.307. The minimum atomic E-state index is -0.378. The van der Waals surface area contributed by atoms with E-state index in [1.807, 2.05) is 12.3 Å². The Kier molecular flexibility index (Phi) is 8.80. The van der Waals surface area contributed by atoms with Crippen LogP contribution in [0.2, 0.25) is 0 Å². The number of para-hydroxylation sites is 1. The van der Waals surface area contributed by atoms with Gasteiger partial charge in [-0.15, -0.1) is 0 Å². The van der Waals surface area contributed by atoms with Crippen molar-refractivity contribution in [1.29, 1.82) is 0 Å². The number of nitrogens with one attached hydrogen (secondary N) is 1. The molecule has 1 atom stereocenters.